The number of methoxy groups -OCH3 is 1. The van der Waals surface area contributed by atoms with E-state index in [1.54, 1.807) is 13.2 Å². The third-order valence-electron chi connectivity index (χ3n) is 2.92. The fourth-order valence-electron chi connectivity index (χ4n) is 1.60. The first-order valence-corrected chi connectivity index (χ1v) is 4.74. The van der Waals surface area contributed by atoms with Crippen molar-refractivity contribution in [3.8, 4) is 11.5 Å². The summed E-state index contributed by atoms with van der Waals surface area (Å²) >= 11 is 0. The zero-order valence-electron chi connectivity index (χ0n) is 8.50. The van der Waals surface area contributed by atoms with Gasteiger partial charge >= 0.3 is 0 Å². The predicted octanol–water partition coefficient (Wildman–Crippen LogP) is 1.66. The standard InChI is InChI=1S/C11H15NO2/c1-7-9(13)5-8(6-10(7)14-2)11(12)3-4-11/h5-6,13H,3-4,12H2,1-2H3. The van der Waals surface area contributed by atoms with Gasteiger partial charge in [0, 0.05) is 11.1 Å². The molecule has 1 aliphatic carbocycles. The minimum atomic E-state index is -0.224. The average molecular weight is 193 g/mol. The molecule has 0 atom stereocenters. The monoisotopic (exact) mass is 193 g/mol. The summed E-state index contributed by atoms with van der Waals surface area (Å²) in [5.41, 5.74) is 7.55. The van der Waals surface area contributed by atoms with Gasteiger partial charge < -0.3 is 15.6 Å². The highest BCUT2D eigenvalue weighted by molar-refractivity contribution is 5.49. The van der Waals surface area contributed by atoms with Crippen LogP contribution in [0.15, 0.2) is 12.1 Å². The van der Waals surface area contributed by atoms with E-state index in [0.717, 1.165) is 24.0 Å². The second-order valence-corrected chi connectivity index (χ2v) is 3.98. The Hall–Kier alpha value is -1.22. The molecule has 1 aromatic carbocycles. The lowest BCUT2D eigenvalue weighted by molar-refractivity contribution is 0.401. The van der Waals surface area contributed by atoms with Crippen LogP contribution in [0.4, 0.5) is 0 Å². The molecule has 0 bridgehead atoms. The molecule has 3 N–H and O–H groups in total. The minimum Gasteiger partial charge on any atom is -0.508 e. The number of ether oxygens (including phenoxy) is 1. The van der Waals surface area contributed by atoms with Crippen LogP contribution < -0.4 is 10.5 Å². The number of hydrogen-bond acceptors (Lipinski definition) is 3. The van der Waals surface area contributed by atoms with Crippen molar-refractivity contribution in [2.24, 2.45) is 5.73 Å². The second kappa shape index (κ2) is 2.89. The number of nitrogens with two attached hydrogens (primary N) is 1. The smallest absolute Gasteiger partial charge is 0.125 e. The Kier molecular flexibility index (Phi) is 1.93. The van der Waals surface area contributed by atoms with Crippen LogP contribution in [0, 0.1) is 6.92 Å². The van der Waals surface area contributed by atoms with Crippen LogP contribution in [0.1, 0.15) is 24.0 Å². The van der Waals surface area contributed by atoms with E-state index < -0.39 is 0 Å². The molecule has 0 amide bonds. The van der Waals surface area contributed by atoms with Crippen LogP contribution in [0.3, 0.4) is 0 Å². The Labute approximate surface area is 83.5 Å². The number of hydrogen-bond donors (Lipinski definition) is 2. The Morgan fingerprint density at radius 1 is 1.43 bits per heavy atom. The van der Waals surface area contributed by atoms with Gasteiger partial charge in [-0.1, -0.05) is 0 Å². The summed E-state index contributed by atoms with van der Waals surface area (Å²) in [6.45, 7) is 1.83. The van der Waals surface area contributed by atoms with Gasteiger partial charge in [-0.05, 0) is 37.5 Å². The molecule has 0 heterocycles. The fourth-order valence-corrected chi connectivity index (χ4v) is 1.60. The van der Waals surface area contributed by atoms with Gasteiger partial charge in [-0.25, -0.2) is 0 Å². The van der Waals surface area contributed by atoms with Crippen molar-refractivity contribution in [1.29, 1.82) is 0 Å². The maximum absolute atomic E-state index is 9.67. The Morgan fingerprint density at radius 2 is 2.07 bits per heavy atom. The summed E-state index contributed by atoms with van der Waals surface area (Å²) in [6.07, 6.45) is 1.97. The van der Waals surface area contributed by atoms with E-state index in [9.17, 15) is 5.11 Å². The van der Waals surface area contributed by atoms with Crippen LogP contribution in [0.5, 0.6) is 11.5 Å². The summed E-state index contributed by atoms with van der Waals surface area (Å²) in [7, 11) is 1.60. The van der Waals surface area contributed by atoms with Gasteiger partial charge in [0.2, 0.25) is 0 Å². The first-order valence-electron chi connectivity index (χ1n) is 4.74. The highest BCUT2D eigenvalue weighted by atomic mass is 16.5. The van der Waals surface area contributed by atoms with Gasteiger partial charge in [0.1, 0.15) is 11.5 Å². The van der Waals surface area contributed by atoms with E-state index >= 15 is 0 Å². The molecule has 1 aromatic rings. The molecule has 0 spiro atoms. The molecule has 1 saturated carbocycles. The van der Waals surface area contributed by atoms with Gasteiger partial charge in [-0.2, -0.15) is 0 Å². The molecule has 0 unspecified atom stereocenters. The Bertz CT molecular complexity index is 370. The van der Waals surface area contributed by atoms with Crippen molar-refractivity contribution >= 4 is 0 Å². The molecule has 3 nitrogen and oxygen atoms in total. The van der Waals surface area contributed by atoms with Crippen molar-refractivity contribution in [3.05, 3.63) is 23.3 Å². The van der Waals surface area contributed by atoms with Crippen LogP contribution in [-0.2, 0) is 5.54 Å². The van der Waals surface area contributed by atoms with Crippen LogP contribution >= 0.6 is 0 Å². The van der Waals surface area contributed by atoms with E-state index in [-0.39, 0.29) is 11.3 Å². The van der Waals surface area contributed by atoms with Crippen molar-refractivity contribution in [1.82, 2.24) is 0 Å². The molecule has 14 heavy (non-hydrogen) atoms. The van der Waals surface area contributed by atoms with Gasteiger partial charge in [-0.3, -0.25) is 0 Å². The highest BCUT2D eigenvalue weighted by Gasteiger charge is 2.40. The fraction of sp³-hybridized carbons (Fsp3) is 0.455. The third-order valence-corrected chi connectivity index (χ3v) is 2.92. The first kappa shape index (κ1) is 9.34. The highest BCUT2D eigenvalue weighted by Crippen LogP contribution is 2.45. The molecule has 0 aromatic heterocycles. The van der Waals surface area contributed by atoms with Gasteiger partial charge in [0.25, 0.3) is 0 Å². The summed E-state index contributed by atoms with van der Waals surface area (Å²) in [4.78, 5) is 0. The average Bonchev–Trinajstić information content (AvgIpc) is 2.89. The molecule has 2 rings (SSSR count). The first-order chi connectivity index (χ1) is 6.57. The molecule has 0 saturated heterocycles. The van der Waals surface area contributed by atoms with E-state index in [1.807, 2.05) is 13.0 Å². The van der Waals surface area contributed by atoms with Crippen LogP contribution in [0.2, 0.25) is 0 Å². The number of phenols is 1. The molecule has 1 aliphatic rings. The van der Waals surface area contributed by atoms with E-state index in [4.69, 9.17) is 10.5 Å². The lowest BCUT2D eigenvalue weighted by Crippen LogP contribution is -2.18. The summed E-state index contributed by atoms with van der Waals surface area (Å²) < 4.78 is 5.17. The molecule has 3 heteroatoms. The van der Waals surface area contributed by atoms with Crippen LogP contribution in [0.25, 0.3) is 0 Å². The second-order valence-electron chi connectivity index (χ2n) is 3.98. The Morgan fingerprint density at radius 3 is 2.57 bits per heavy atom. The number of rotatable bonds is 2. The number of benzene rings is 1. The quantitative estimate of drug-likeness (QED) is 0.751. The third kappa shape index (κ3) is 1.34. The topological polar surface area (TPSA) is 55.5 Å². The minimum absolute atomic E-state index is 0.224. The molecule has 1 fully saturated rings. The lowest BCUT2D eigenvalue weighted by atomic mass is 10.0. The lowest BCUT2D eigenvalue weighted by Gasteiger charge is -2.13. The summed E-state index contributed by atoms with van der Waals surface area (Å²) in [6, 6.07) is 3.66. The molecule has 0 radical (unpaired) electrons. The van der Waals surface area contributed by atoms with Crippen molar-refractivity contribution in [3.63, 3.8) is 0 Å². The number of aromatic hydroxyl groups is 1. The zero-order chi connectivity index (χ0) is 10.3. The summed E-state index contributed by atoms with van der Waals surface area (Å²) in [5.74, 6) is 0.966. The van der Waals surface area contributed by atoms with E-state index in [2.05, 4.69) is 0 Å². The number of phenolic OH excluding ortho intramolecular Hbond substituents is 1. The van der Waals surface area contributed by atoms with Crippen LogP contribution in [-0.4, -0.2) is 12.2 Å². The molecular formula is C11H15NO2. The largest absolute Gasteiger partial charge is 0.508 e. The van der Waals surface area contributed by atoms with Gasteiger partial charge in [0.15, 0.2) is 0 Å². The van der Waals surface area contributed by atoms with Gasteiger partial charge in [0.05, 0.1) is 7.11 Å². The maximum atomic E-state index is 9.67. The Balaban J connectivity index is 2.48. The SMILES string of the molecule is COc1cc(C2(N)CC2)cc(O)c1C. The van der Waals surface area contributed by atoms with E-state index in [1.165, 1.54) is 0 Å². The zero-order valence-corrected chi connectivity index (χ0v) is 8.50. The summed E-state index contributed by atoms with van der Waals surface area (Å²) in [5, 5.41) is 9.67. The normalized spacial score (nSPS) is 17.9. The van der Waals surface area contributed by atoms with Gasteiger partial charge in [-0.15, -0.1) is 0 Å². The molecule has 0 aliphatic heterocycles. The van der Waals surface area contributed by atoms with Crippen molar-refractivity contribution in [2.45, 2.75) is 25.3 Å². The molecular weight excluding hydrogens is 178 g/mol. The maximum Gasteiger partial charge on any atom is 0.125 e. The van der Waals surface area contributed by atoms with Crippen molar-refractivity contribution < 1.29 is 9.84 Å². The predicted molar refractivity (Wildman–Crippen MR) is 54.5 cm³/mol. The van der Waals surface area contributed by atoms with E-state index in [0.29, 0.717) is 5.75 Å². The van der Waals surface area contributed by atoms with Crippen molar-refractivity contribution in [2.75, 3.05) is 7.11 Å². The molecule has 76 valence electrons.